The number of rotatable bonds is 6. The van der Waals surface area contributed by atoms with E-state index in [0.29, 0.717) is 13.0 Å². The topological polar surface area (TPSA) is 78.9 Å². The molecule has 0 aliphatic heterocycles. The van der Waals surface area contributed by atoms with Crippen molar-refractivity contribution >= 4 is 17.5 Å². The molecule has 0 radical (unpaired) electrons. The molecule has 0 unspecified atom stereocenters. The van der Waals surface area contributed by atoms with Crippen LogP contribution in [0.1, 0.15) is 13.3 Å². The monoisotopic (exact) mass is 223 g/mol. The Morgan fingerprint density at radius 2 is 2.00 bits per heavy atom. The van der Waals surface area contributed by atoms with Gasteiger partial charge in [-0.15, -0.1) is 0 Å². The first-order valence-corrected chi connectivity index (χ1v) is 5.26. The van der Waals surface area contributed by atoms with E-state index in [9.17, 15) is 4.79 Å². The number of amides is 1. The molecule has 1 amide bonds. The number of hydrogen-bond acceptors (Lipinski definition) is 5. The van der Waals surface area contributed by atoms with Crippen molar-refractivity contribution < 1.29 is 4.79 Å². The second kappa shape index (κ2) is 6.60. The first-order chi connectivity index (χ1) is 7.76. The van der Waals surface area contributed by atoms with Gasteiger partial charge in [0, 0.05) is 32.6 Å². The molecule has 16 heavy (non-hydrogen) atoms. The second-order valence-electron chi connectivity index (χ2n) is 3.17. The molecule has 3 N–H and O–H groups in total. The third-order valence-electron chi connectivity index (χ3n) is 1.96. The van der Waals surface area contributed by atoms with Crippen molar-refractivity contribution in [1.82, 2.24) is 15.3 Å². The number of aromatic nitrogens is 2. The van der Waals surface area contributed by atoms with E-state index >= 15 is 0 Å². The highest BCUT2D eigenvalue weighted by atomic mass is 16.1. The molecule has 0 fully saturated rings. The van der Waals surface area contributed by atoms with Gasteiger partial charge in [0.15, 0.2) is 0 Å². The summed E-state index contributed by atoms with van der Waals surface area (Å²) in [4.78, 5) is 19.1. The lowest BCUT2D eigenvalue weighted by Crippen LogP contribution is -2.21. The number of nitrogens with zero attached hydrogens (tertiary/aromatic N) is 2. The van der Waals surface area contributed by atoms with Crippen LogP contribution in [0, 0.1) is 0 Å². The molecular formula is C10H17N5O. The molecule has 1 aromatic rings. The zero-order valence-corrected chi connectivity index (χ0v) is 9.58. The minimum absolute atomic E-state index is 0.00784. The summed E-state index contributed by atoms with van der Waals surface area (Å²) in [5.74, 6) is 1.50. The summed E-state index contributed by atoms with van der Waals surface area (Å²) < 4.78 is 0. The number of nitrogens with one attached hydrogen (secondary N) is 3. The van der Waals surface area contributed by atoms with E-state index in [2.05, 4.69) is 25.9 Å². The van der Waals surface area contributed by atoms with Crippen molar-refractivity contribution in [2.24, 2.45) is 0 Å². The third kappa shape index (κ3) is 4.12. The Bertz CT molecular complexity index is 342. The maximum Gasteiger partial charge on any atom is 0.221 e. The fourth-order valence-electron chi connectivity index (χ4n) is 1.16. The van der Waals surface area contributed by atoms with E-state index in [4.69, 9.17) is 0 Å². The molecule has 0 aromatic carbocycles. The normalized spacial score (nSPS) is 9.62. The van der Waals surface area contributed by atoms with Crippen molar-refractivity contribution in [3.8, 4) is 0 Å². The molecule has 0 bridgehead atoms. The van der Waals surface area contributed by atoms with E-state index in [0.717, 1.165) is 18.2 Å². The molecule has 6 nitrogen and oxygen atoms in total. The Hall–Kier alpha value is -1.85. The van der Waals surface area contributed by atoms with Gasteiger partial charge in [-0.1, -0.05) is 0 Å². The van der Waals surface area contributed by atoms with Crippen LogP contribution in [0.25, 0.3) is 0 Å². The summed E-state index contributed by atoms with van der Waals surface area (Å²) in [5.41, 5.74) is 0. The average molecular weight is 223 g/mol. The fraction of sp³-hybridized carbons (Fsp3) is 0.500. The molecule has 0 aliphatic carbocycles. The van der Waals surface area contributed by atoms with E-state index in [1.165, 1.54) is 6.33 Å². The maximum absolute atomic E-state index is 11.0. The van der Waals surface area contributed by atoms with Crippen molar-refractivity contribution in [2.45, 2.75) is 13.3 Å². The largest absolute Gasteiger partial charge is 0.370 e. The predicted octanol–water partition coefficient (Wildman–Crippen LogP) is 0.456. The number of anilines is 2. The fourth-order valence-corrected chi connectivity index (χ4v) is 1.16. The minimum atomic E-state index is 0.00784. The van der Waals surface area contributed by atoms with Crippen LogP contribution in [0.3, 0.4) is 0 Å². The van der Waals surface area contributed by atoms with Crippen LogP contribution >= 0.6 is 0 Å². The van der Waals surface area contributed by atoms with Gasteiger partial charge in [0.1, 0.15) is 18.0 Å². The second-order valence-corrected chi connectivity index (χ2v) is 3.17. The summed E-state index contributed by atoms with van der Waals surface area (Å²) in [6.07, 6.45) is 1.91. The molecule has 88 valence electrons. The number of carbonyl (C=O) groups is 1. The molecule has 1 aromatic heterocycles. The summed E-state index contributed by atoms with van der Waals surface area (Å²) in [5, 5.41) is 8.70. The van der Waals surface area contributed by atoms with Crippen molar-refractivity contribution in [1.29, 1.82) is 0 Å². The first-order valence-electron chi connectivity index (χ1n) is 5.26. The summed E-state index contributed by atoms with van der Waals surface area (Å²) in [7, 11) is 1.62. The molecule has 0 atom stereocenters. The predicted molar refractivity (Wildman–Crippen MR) is 63.4 cm³/mol. The zero-order chi connectivity index (χ0) is 11.8. The zero-order valence-electron chi connectivity index (χ0n) is 9.58. The Kier molecular flexibility index (Phi) is 5.04. The Labute approximate surface area is 94.9 Å². The van der Waals surface area contributed by atoms with Gasteiger partial charge in [-0.2, -0.15) is 0 Å². The van der Waals surface area contributed by atoms with E-state index in [-0.39, 0.29) is 5.91 Å². The van der Waals surface area contributed by atoms with Gasteiger partial charge in [-0.3, -0.25) is 4.79 Å². The Balaban J connectivity index is 2.41. The van der Waals surface area contributed by atoms with Crippen LogP contribution in [0.2, 0.25) is 0 Å². The smallest absolute Gasteiger partial charge is 0.221 e. The average Bonchev–Trinajstić information content (AvgIpc) is 2.30. The van der Waals surface area contributed by atoms with Gasteiger partial charge < -0.3 is 16.0 Å². The lowest BCUT2D eigenvalue weighted by molar-refractivity contribution is -0.120. The van der Waals surface area contributed by atoms with Crippen molar-refractivity contribution in [3.63, 3.8) is 0 Å². The van der Waals surface area contributed by atoms with Crippen molar-refractivity contribution in [2.75, 3.05) is 30.8 Å². The third-order valence-corrected chi connectivity index (χ3v) is 1.96. The molecule has 1 heterocycles. The molecule has 0 spiro atoms. The number of hydrogen-bond donors (Lipinski definition) is 3. The minimum Gasteiger partial charge on any atom is -0.370 e. The lowest BCUT2D eigenvalue weighted by atomic mass is 10.4. The molecule has 0 saturated heterocycles. The van der Waals surface area contributed by atoms with Crippen LogP contribution in [0.15, 0.2) is 12.4 Å². The van der Waals surface area contributed by atoms with Gasteiger partial charge in [0.05, 0.1) is 0 Å². The van der Waals surface area contributed by atoms with Crippen LogP contribution in [0.4, 0.5) is 11.6 Å². The number of carbonyl (C=O) groups excluding carboxylic acids is 1. The Morgan fingerprint density at radius 3 is 2.62 bits per heavy atom. The van der Waals surface area contributed by atoms with E-state index in [1.807, 2.05) is 13.0 Å². The van der Waals surface area contributed by atoms with E-state index in [1.54, 1.807) is 7.05 Å². The SMILES string of the molecule is CCNc1cc(NCCC(=O)NC)ncn1. The summed E-state index contributed by atoms with van der Waals surface area (Å²) >= 11 is 0. The maximum atomic E-state index is 11.0. The summed E-state index contributed by atoms with van der Waals surface area (Å²) in [6, 6.07) is 1.81. The molecular weight excluding hydrogens is 206 g/mol. The van der Waals surface area contributed by atoms with Gasteiger partial charge in [0.25, 0.3) is 0 Å². The van der Waals surface area contributed by atoms with Gasteiger partial charge in [0.2, 0.25) is 5.91 Å². The highest BCUT2D eigenvalue weighted by molar-refractivity contribution is 5.76. The first kappa shape index (κ1) is 12.2. The molecule has 0 aliphatic rings. The van der Waals surface area contributed by atoms with Crippen LogP contribution in [0.5, 0.6) is 0 Å². The van der Waals surface area contributed by atoms with Crippen LogP contribution in [-0.2, 0) is 4.79 Å². The van der Waals surface area contributed by atoms with Crippen LogP contribution < -0.4 is 16.0 Å². The van der Waals surface area contributed by atoms with Crippen molar-refractivity contribution in [3.05, 3.63) is 12.4 Å². The Morgan fingerprint density at radius 1 is 1.31 bits per heavy atom. The highest BCUT2D eigenvalue weighted by Crippen LogP contribution is 2.07. The summed E-state index contributed by atoms with van der Waals surface area (Å²) in [6.45, 7) is 3.37. The lowest BCUT2D eigenvalue weighted by Gasteiger charge is -2.06. The molecule has 1 rings (SSSR count). The quantitative estimate of drug-likeness (QED) is 0.653. The van der Waals surface area contributed by atoms with Gasteiger partial charge in [-0.05, 0) is 6.92 Å². The van der Waals surface area contributed by atoms with E-state index < -0.39 is 0 Å². The van der Waals surface area contributed by atoms with Crippen LogP contribution in [-0.4, -0.2) is 36.0 Å². The van der Waals surface area contributed by atoms with Gasteiger partial charge in [-0.25, -0.2) is 9.97 Å². The van der Waals surface area contributed by atoms with Gasteiger partial charge >= 0.3 is 0 Å². The molecule has 0 saturated carbocycles. The molecule has 6 heteroatoms. The standard InChI is InChI=1S/C10H17N5O/c1-3-12-8-6-9(15-7-14-8)13-5-4-10(16)11-2/h6-7H,3-5H2,1-2H3,(H,11,16)(H2,12,13,14,15). The highest BCUT2D eigenvalue weighted by Gasteiger charge is 1.99.